The van der Waals surface area contributed by atoms with E-state index in [2.05, 4.69) is 27.7 Å². The fourth-order valence-electron chi connectivity index (χ4n) is 8.75. The Bertz CT molecular complexity index is 949. The van der Waals surface area contributed by atoms with Crippen molar-refractivity contribution >= 4 is 17.9 Å². The zero-order valence-electron chi connectivity index (χ0n) is 43.0. The first kappa shape index (κ1) is 61.4. The summed E-state index contributed by atoms with van der Waals surface area (Å²) < 4.78 is 16.8. The molecule has 0 rings (SSSR count). The summed E-state index contributed by atoms with van der Waals surface area (Å²) in [6, 6.07) is 0. The van der Waals surface area contributed by atoms with Gasteiger partial charge in [0.05, 0.1) is 0 Å². The van der Waals surface area contributed by atoms with Crippen molar-refractivity contribution in [2.45, 2.75) is 329 Å². The van der Waals surface area contributed by atoms with E-state index < -0.39 is 6.10 Å². The largest absolute Gasteiger partial charge is 0.462 e. The van der Waals surface area contributed by atoms with Gasteiger partial charge in [0.1, 0.15) is 13.2 Å². The van der Waals surface area contributed by atoms with Gasteiger partial charge in [0.25, 0.3) is 0 Å². The summed E-state index contributed by atoms with van der Waals surface area (Å²) in [7, 11) is 0. The second-order valence-corrected chi connectivity index (χ2v) is 20.1. The summed E-state index contributed by atoms with van der Waals surface area (Å²) in [4.78, 5) is 38.0. The summed E-state index contributed by atoms with van der Waals surface area (Å²) in [6.07, 6.45) is 55.2. The second-order valence-electron chi connectivity index (χ2n) is 20.1. The Kier molecular flexibility index (Phi) is 50.1. The Morgan fingerprint density at radius 3 is 0.778 bits per heavy atom. The summed E-state index contributed by atoms with van der Waals surface area (Å²) in [5.41, 5.74) is 0. The van der Waals surface area contributed by atoms with Gasteiger partial charge in [-0.3, -0.25) is 14.4 Å². The molecule has 0 N–H and O–H groups in total. The van der Waals surface area contributed by atoms with Crippen molar-refractivity contribution in [1.82, 2.24) is 0 Å². The van der Waals surface area contributed by atoms with E-state index in [0.29, 0.717) is 19.3 Å². The third-order valence-corrected chi connectivity index (χ3v) is 13.0. The monoisotopic (exact) mass is 891 g/mol. The lowest BCUT2D eigenvalue weighted by Gasteiger charge is -2.18. The number of carbonyl (C=O) groups is 3. The molecular formula is C57H110O6. The first-order chi connectivity index (χ1) is 30.9. The van der Waals surface area contributed by atoms with Gasteiger partial charge in [-0.15, -0.1) is 0 Å². The molecule has 0 saturated carbocycles. The average Bonchev–Trinajstić information content (AvgIpc) is 3.27. The SMILES string of the molecule is CCCCCCCCCCCCCCCCC(=O)O[C@@H](COC(=O)CCCCCCCCCCCC)COC(=O)CCCCCCCCCCCCCCCCCCCCC(C)C. The molecule has 6 heteroatoms. The lowest BCUT2D eigenvalue weighted by Crippen LogP contribution is -2.30. The van der Waals surface area contributed by atoms with E-state index >= 15 is 0 Å². The Balaban J connectivity index is 4.19. The van der Waals surface area contributed by atoms with Crippen LogP contribution in [0.15, 0.2) is 0 Å². The minimum Gasteiger partial charge on any atom is -0.462 e. The molecule has 0 aliphatic heterocycles. The van der Waals surface area contributed by atoms with E-state index in [4.69, 9.17) is 14.2 Å². The summed E-state index contributed by atoms with van der Waals surface area (Å²) in [5.74, 6) is 0.0202. The predicted molar refractivity (Wildman–Crippen MR) is 270 cm³/mol. The molecule has 0 spiro atoms. The van der Waals surface area contributed by atoms with Crippen molar-refractivity contribution in [1.29, 1.82) is 0 Å². The van der Waals surface area contributed by atoms with Crippen LogP contribution >= 0.6 is 0 Å². The van der Waals surface area contributed by atoms with E-state index in [1.807, 2.05) is 0 Å². The Hall–Kier alpha value is -1.59. The van der Waals surface area contributed by atoms with Crippen LogP contribution in [-0.2, 0) is 28.6 Å². The summed E-state index contributed by atoms with van der Waals surface area (Å²) in [6.45, 7) is 9.06. The molecule has 0 bridgehead atoms. The molecule has 0 aliphatic carbocycles. The molecule has 0 aliphatic rings. The van der Waals surface area contributed by atoms with Gasteiger partial charge >= 0.3 is 17.9 Å². The number of carbonyl (C=O) groups excluding carboxylic acids is 3. The zero-order valence-corrected chi connectivity index (χ0v) is 43.0. The van der Waals surface area contributed by atoms with Crippen molar-refractivity contribution in [3.05, 3.63) is 0 Å². The highest BCUT2D eigenvalue weighted by Crippen LogP contribution is 2.18. The Labute approximate surface area is 393 Å². The topological polar surface area (TPSA) is 78.9 Å². The summed E-state index contributed by atoms with van der Waals surface area (Å²) >= 11 is 0. The van der Waals surface area contributed by atoms with Crippen LogP contribution in [0.25, 0.3) is 0 Å². The van der Waals surface area contributed by atoms with Gasteiger partial charge < -0.3 is 14.2 Å². The van der Waals surface area contributed by atoms with E-state index in [0.717, 1.165) is 63.7 Å². The van der Waals surface area contributed by atoms with Gasteiger partial charge in [0.15, 0.2) is 6.10 Å². The van der Waals surface area contributed by atoms with Crippen molar-refractivity contribution in [3.63, 3.8) is 0 Å². The standard InChI is InChI=1S/C57H110O6/c1-5-7-9-11-13-15-17-18-26-30-34-38-42-46-50-57(60)63-54(51-61-55(58)48-44-40-36-32-16-14-12-10-8-6-2)52-62-56(59)49-45-41-37-33-29-27-24-22-20-19-21-23-25-28-31-35-39-43-47-53(3)4/h53-54H,5-52H2,1-4H3/t54-/m0/s1. The highest BCUT2D eigenvalue weighted by molar-refractivity contribution is 5.71. The molecule has 0 aromatic heterocycles. The molecule has 0 saturated heterocycles. The molecule has 0 radical (unpaired) electrons. The maximum absolute atomic E-state index is 12.8. The minimum atomic E-state index is -0.760. The molecule has 63 heavy (non-hydrogen) atoms. The van der Waals surface area contributed by atoms with Crippen LogP contribution in [0.5, 0.6) is 0 Å². The number of hydrogen-bond donors (Lipinski definition) is 0. The van der Waals surface area contributed by atoms with Crippen LogP contribution < -0.4 is 0 Å². The van der Waals surface area contributed by atoms with Crippen molar-refractivity contribution in [2.75, 3.05) is 13.2 Å². The molecule has 374 valence electrons. The normalized spacial score (nSPS) is 12.0. The Morgan fingerprint density at radius 1 is 0.302 bits per heavy atom. The number of ether oxygens (including phenoxy) is 3. The number of hydrogen-bond acceptors (Lipinski definition) is 6. The third-order valence-electron chi connectivity index (χ3n) is 13.0. The average molecular weight is 892 g/mol. The maximum Gasteiger partial charge on any atom is 0.306 e. The van der Waals surface area contributed by atoms with Gasteiger partial charge in [-0.05, 0) is 25.2 Å². The van der Waals surface area contributed by atoms with Crippen molar-refractivity contribution < 1.29 is 28.6 Å². The van der Waals surface area contributed by atoms with Crippen LogP contribution in [0.3, 0.4) is 0 Å². The maximum atomic E-state index is 12.8. The first-order valence-corrected chi connectivity index (χ1v) is 28.4. The van der Waals surface area contributed by atoms with Gasteiger partial charge in [-0.25, -0.2) is 0 Å². The molecular weight excluding hydrogens is 781 g/mol. The molecule has 1 atom stereocenters. The fraction of sp³-hybridized carbons (Fsp3) is 0.947. The zero-order chi connectivity index (χ0) is 45.9. The fourth-order valence-corrected chi connectivity index (χ4v) is 8.75. The first-order valence-electron chi connectivity index (χ1n) is 28.4. The van der Waals surface area contributed by atoms with Crippen LogP contribution in [0.4, 0.5) is 0 Å². The Morgan fingerprint density at radius 2 is 0.524 bits per heavy atom. The van der Waals surface area contributed by atoms with Crippen LogP contribution in [0.1, 0.15) is 323 Å². The molecule has 0 heterocycles. The third kappa shape index (κ3) is 51.3. The lowest BCUT2D eigenvalue weighted by molar-refractivity contribution is -0.167. The van der Waals surface area contributed by atoms with Crippen molar-refractivity contribution in [3.8, 4) is 0 Å². The molecule has 0 aromatic rings. The number of unbranched alkanes of at least 4 members (excludes halogenated alkanes) is 39. The smallest absolute Gasteiger partial charge is 0.306 e. The predicted octanol–water partition coefficient (Wildman–Crippen LogP) is 18.6. The van der Waals surface area contributed by atoms with Gasteiger partial charge in [0, 0.05) is 19.3 Å². The van der Waals surface area contributed by atoms with E-state index in [1.54, 1.807) is 0 Å². The molecule has 6 nitrogen and oxygen atoms in total. The lowest BCUT2D eigenvalue weighted by atomic mass is 10.0. The van der Waals surface area contributed by atoms with Gasteiger partial charge in [-0.2, -0.15) is 0 Å². The highest BCUT2D eigenvalue weighted by Gasteiger charge is 2.19. The van der Waals surface area contributed by atoms with Gasteiger partial charge in [0.2, 0.25) is 0 Å². The van der Waals surface area contributed by atoms with Crippen molar-refractivity contribution in [2.24, 2.45) is 5.92 Å². The van der Waals surface area contributed by atoms with E-state index in [1.165, 1.54) is 218 Å². The van der Waals surface area contributed by atoms with Crippen LogP contribution in [0, 0.1) is 5.92 Å². The molecule has 0 unspecified atom stereocenters. The minimum absolute atomic E-state index is 0.0620. The molecule has 0 fully saturated rings. The van der Waals surface area contributed by atoms with Crippen LogP contribution in [-0.4, -0.2) is 37.2 Å². The van der Waals surface area contributed by atoms with Crippen LogP contribution in [0.2, 0.25) is 0 Å². The highest BCUT2D eigenvalue weighted by atomic mass is 16.6. The summed E-state index contributed by atoms with van der Waals surface area (Å²) in [5, 5.41) is 0. The number of rotatable bonds is 52. The molecule has 0 aromatic carbocycles. The van der Waals surface area contributed by atoms with E-state index in [9.17, 15) is 14.4 Å². The van der Waals surface area contributed by atoms with E-state index in [-0.39, 0.29) is 31.1 Å². The quantitative estimate of drug-likeness (QED) is 0.0344. The number of esters is 3. The van der Waals surface area contributed by atoms with Gasteiger partial charge in [-0.1, -0.05) is 285 Å². The second kappa shape index (κ2) is 51.4. The molecule has 0 amide bonds.